The lowest BCUT2D eigenvalue weighted by molar-refractivity contribution is -0.119. The number of rotatable bonds is 3. The summed E-state index contributed by atoms with van der Waals surface area (Å²) < 4.78 is 0. The molecule has 1 saturated carbocycles. The average Bonchev–Trinajstić information content (AvgIpc) is 2.55. The van der Waals surface area contributed by atoms with E-state index in [0.717, 1.165) is 36.1 Å². The van der Waals surface area contributed by atoms with E-state index < -0.39 is 0 Å². The van der Waals surface area contributed by atoms with Gasteiger partial charge in [-0.25, -0.2) is 4.99 Å². The van der Waals surface area contributed by atoms with Crippen molar-refractivity contribution in [1.82, 2.24) is 5.32 Å². The van der Waals surface area contributed by atoms with Crippen LogP contribution >= 0.6 is 0 Å². The van der Waals surface area contributed by atoms with Gasteiger partial charge in [-0.1, -0.05) is 37.8 Å². The van der Waals surface area contributed by atoms with E-state index in [2.05, 4.69) is 10.3 Å². The van der Waals surface area contributed by atoms with Crippen LogP contribution in [-0.4, -0.2) is 17.5 Å². The van der Waals surface area contributed by atoms with Gasteiger partial charge >= 0.3 is 0 Å². The second-order valence-electron chi connectivity index (χ2n) is 7.04. The number of nitrogens with one attached hydrogen (secondary N) is 1. The highest BCUT2D eigenvalue weighted by Crippen LogP contribution is 2.31. The maximum absolute atomic E-state index is 12.2. The lowest BCUT2D eigenvalue weighted by atomic mass is 9.84. The SMILES string of the molecule is CCC1=C(C)C2C=CC(=NC(=O)CC3CCCCC3)C=C2NC1=O. The number of aliphatic imine (C=N–C) groups is 1. The van der Waals surface area contributed by atoms with Crippen molar-refractivity contribution in [3.63, 3.8) is 0 Å². The van der Waals surface area contributed by atoms with Crippen molar-refractivity contribution in [2.45, 2.75) is 58.8 Å². The van der Waals surface area contributed by atoms with E-state index >= 15 is 0 Å². The van der Waals surface area contributed by atoms with Gasteiger partial charge in [-0.2, -0.15) is 0 Å². The number of amides is 2. The molecule has 1 aliphatic heterocycles. The maximum Gasteiger partial charge on any atom is 0.251 e. The second-order valence-corrected chi connectivity index (χ2v) is 7.04. The molecule has 3 rings (SSSR count). The molecule has 0 spiro atoms. The summed E-state index contributed by atoms with van der Waals surface area (Å²) in [7, 11) is 0. The van der Waals surface area contributed by atoms with Crippen molar-refractivity contribution >= 4 is 17.5 Å². The maximum atomic E-state index is 12.2. The Bertz CT molecular complexity index is 661. The predicted octanol–water partition coefficient (Wildman–Crippen LogP) is 3.85. The van der Waals surface area contributed by atoms with E-state index in [0.29, 0.717) is 18.1 Å². The Morgan fingerprint density at radius 2 is 2.04 bits per heavy atom. The lowest BCUT2D eigenvalue weighted by Gasteiger charge is -2.29. The highest BCUT2D eigenvalue weighted by Gasteiger charge is 2.28. The van der Waals surface area contributed by atoms with E-state index in [4.69, 9.17) is 0 Å². The molecule has 4 nitrogen and oxygen atoms in total. The highest BCUT2D eigenvalue weighted by molar-refractivity contribution is 6.11. The molecular weight excluding hydrogens is 300 g/mol. The van der Waals surface area contributed by atoms with Crippen LogP contribution in [0, 0.1) is 11.8 Å². The monoisotopic (exact) mass is 326 g/mol. The lowest BCUT2D eigenvalue weighted by Crippen LogP contribution is -2.36. The van der Waals surface area contributed by atoms with Crippen LogP contribution in [0.15, 0.2) is 40.1 Å². The first kappa shape index (κ1) is 16.9. The van der Waals surface area contributed by atoms with Crippen LogP contribution in [0.2, 0.25) is 0 Å². The number of fused-ring (bicyclic) bond motifs is 1. The molecule has 1 heterocycles. The van der Waals surface area contributed by atoms with Crippen LogP contribution in [0.4, 0.5) is 0 Å². The summed E-state index contributed by atoms with van der Waals surface area (Å²) in [6.07, 6.45) is 13.1. The van der Waals surface area contributed by atoms with Crippen molar-refractivity contribution in [1.29, 1.82) is 0 Å². The minimum Gasteiger partial charge on any atom is -0.325 e. The van der Waals surface area contributed by atoms with Gasteiger partial charge in [-0.05, 0) is 44.3 Å². The third-order valence-corrected chi connectivity index (χ3v) is 5.37. The van der Waals surface area contributed by atoms with Gasteiger partial charge in [0.1, 0.15) is 0 Å². The second kappa shape index (κ2) is 7.29. The van der Waals surface area contributed by atoms with Gasteiger partial charge in [0, 0.05) is 23.6 Å². The summed E-state index contributed by atoms with van der Waals surface area (Å²) in [6, 6.07) is 0. The molecule has 0 radical (unpaired) electrons. The van der Waals surface area contributed by atoms with Crippen LogP contribution in [-0.2, 0) is 9.59 Å². The summed E-state index contributed by atoms with van der Waals surface area (Å²) in [5.41, 5.74) is 3.43. The quantitative estimate of drug-likeness (QED) is 0.856. The van der Waals surface area contributed by atoms with Crippen molar-refractivity contribution in [2.75, 3.05) is 0 Å². The number of hydrogen-bond donors (Lipinski definition) is 1. The molecule has 1 atom stereocenters. The topological polar surface area (TPSA) is 58.5 Å². The molecule has 3 aliphatic rings. The predicted molar refractivity (Wildman–Crippen MR) is 95.5 cm³/mol. The van der Waals surface area contributed by atoms with Crippen LogP contribution in [0.5, 0.6) is 0 Å². The highest BCUT2D eigenvalue weighted by atomic mass is 16.2. The normalized spacial score (nSPS) is 26.2. The van der Waals surface area contributed by atoms with Crippen LogP contribution in [0.25, 0.3) is 0 Å². The molecule has 24 heavy (non-hydrogen) atoms. The molecule has 0 aromatic heterocycles. The molecule has 1 fully saturated rings. The Kier molecular flexibility index (Phi) is 5.12. The van der Waals surface area contributed by atoms with E-state index in [9.17, 15) is 9.59 Å². The Morgan fingerprint density at radius 1 is 1.29 bits per heavy atom. The van der Waals surface area contributed by atoms with E-state index in [-0.39, 0.29) is 17.7 Å². The Hall–Kier alpha value is -1.97. The van der Waals surface area contributed by atoms with Crippen molar-refractivity contribution in [3.05, 3.63) is 35.1 Å². The number of carbonyl (C=O) groups excluding carboxylic acids is 2. The fraction of sp³-hybridized carbons (Fsp3) is 0.550. The molecule has 2 amide bonds. The third kappa shape index (κ3) is 3.58. The molecule has 128 valence electrons. The van der Waals surface area contributed by atoms with Gasteiger partial charge in [-0.15, -0.1) is 0 Å². The first-order chi connectivity index (χ1) is 11.6. The minimum absolute atomic E-state index is 0.0271. The van der Waals surface area contributed by atoms with Crippen LogP contribution < -0.4 is 5.32 Å². The van der Waals surface area contributed by atoms with Crippen molar-refractivity contribution in [2.24, 2.45) is 16.8 Å². The Balaban J connectivity index is 1.71. The number of allylic oxidation sites excluding steroid dienone is 3. The van der Waals surface area contributed by atoms with Crippen LogP contribution in [0.1, 0.15) is 58.8 Å². The smallest absolute Gasteiger partial charge is 0.251 e. The molecule has 0 bridgehead atoms. The first-order valence-electron chi connectivity index (χ1n) is 9.10. The number of nitrogens with zero attached hydrogens (tertiary/aromatic N) is 1. The van der Waals surface area contributed by atoms with E-state index in [1.165, 1.54) is 19.3 Å². The van der Waals surface area contributed by atoms with Gasteiger partial charge in [0.15, 0.2) is 0 Å². The Labute approximate surface area is 143 Å². The van der Waals surface area contributed by atoms with Crippen molar-refractivity contribution in [3.8, 4) is 0 Å². The van der Waals surface area contributed by atoms with Gasteiger partial charge in [0.2, 0.25) is 5.91 Å². The summed E-state index contributed by atoms with van der Waals surface area (Å²) in [5.74, 6) is 0.529. The fourth-order valence-electron chi connectivity index (χ4n) is 4.00. The third-order valence-electron chi connectivity index (χ3n) is 5.37. The summed E-state index contributed by atoms with van der Waals surface area (Å²) in [5, 5.41) is 2.96. The first-order valence-corrected chi connectivity index (χ1v) is 9.10. The molecule has 4 heteroatoms. The summed E-state index contributed by atoms with van der Waals surface area (Å²) in [4.78, 5) is 28.6. The van der Waals surface area contributed by atoms with E-state index in [1.54, 1.807) is 0 Å². The zero-order chi connectivity index (χ0) is 17.1. The molecule has 1 N–H and O–H groups in total. The van der Waals surface area contributed by atoms with Gasteiger partial charge in [0.25, 0.3) is 5.91 Å². The van der Waals surface area contributed by atoms with Crippen molar-refractivity contribution < 1.29 is 9.59 Å². The molecule has 1 unspecified atom stereocenters. The molecular formula is C20H26N2O2. The minimum atomic E-state index is -0.0412. The zero-order valence-corrected chi connectivity index (χ0v) is 14.6. The summed E-state index contributed by atoms with van der Waals surface area (Å²) in [6.45, 7) is 4.01. The van der Waals surface area contributed by atoms with E-state index in [1.807, 2.05) is 32.1 Å². The zero-order valence-electron chi connectivity index (χ0n) is 14.6. The fourth-order valence-corrected chi connectivity index (χ4v) is 4.00. The molecule has 2 aliphatic carbocycles. The van der Waals surface area contributed by atoms with Crippen LogP contribution in [0.3, 0.4) is 0 Å². The summed E-state index contributed by atoms with van der Waals surface area (Å²) >= 11 is 0. The molecule has 0 aromatic rings. The largest absolute Gasteiger partial charge is 0.325 e. The molecule has 0 aromatic carbocycles. The van der Waals surface area contributed by atoms with Gasteiger partial charge in [-0.3, -0.25) is 9.59 Å². The van der Waals surface area contributed by atoms with Gasteiger partial charge in [0.05, 0.1) is 5.71 Å². The van der Waals surface area contributed by atoms with Gasteiger partial charge < -0.3 is 5.32 Å². The Morgan fingerprint density at radius 3 is 2.75 bits per heavy atom. The standard InChI is InChI=1S/C20H26N2O2/c1-3-16-13(2)17-10-9-15(12-18(17)22-20(16)24)21-19(23)11-14-7-5-4-6-8-14/h9-10,12,14,17H,3-8,11H2,1-2H3,(H,22,24). The number of carbonyl (C=O) groups is 2. The molecule has 0 saturated heterocycles. The number of hydrogen-bond acceptors (Lipinski definition) is 2. The average molecular weight is 326 g/mol.